The number of benzene rings is 1. The molecule has 2 bridgehead atoms. The van der Waals surface area contributed by atoms with Crippen LogP contribution in [0.4, 0.5) is 5.69 Å². The number of rotatable bonds is 0. The van der Waals surface area contributed by atoms with Crippen LogP contribution in [0.2, 0.25) is 0 Å². The maximum absolute atomic E-state index is 12.2. The lowest BCUT2D eigenvalue weighted by Gasteiger charge is -2.17. The van der Waals surface area contributed by atoms with E-state index in [1.165, 1.54) is 5.57 Å². The van der Waals surface area contributed by atoms with Crippen LogP contribution in [0.25, 0.3) is 5.57 Å². The number of anilines is 1. The average molecular weight is 271 g/mol. The Morgan fingerprint density at radius 2 is 2.00 bits per heavy atom. The second-order valence-electron chi connectivity index (χ2n) is 5.57. The molecule has 4 nitrogen and oxygen atoms in total. The van der Waals surface area contributed by atoms with Crippen molar-refractivity contribution in [3.05, 3.63) is 23.8 Å². The predicted molar refractivity (Wildman–Crippen MR) is 76.0 cm³/mol. The lowest BCUT2D eigenvalue weighted by Crippen LogP contribution is -2.28. The molecular weight excluding hydrogens is 254 g/mol. The summed E-state index contributed by atoms with van der Waals surface area (Å²) >= 11 is 0. The molecule has 0 spiro atoms. The highest BCUT2D eigenvalue weighted by atomic mass is 16.7. The van der Waals surface area contributed by atoms with Crippen molar-refractivity contribution in [2.75, 3.05) is 12.1 Å². The highest BCUT2D eigenvalue weighted by Gasteiger charge is 2.27. The van der Waals surface area contributed by atoms with Crippen LogP contribution in [0.15, 0.2) is 18.2 Å². The van der Waals surface area contributed by atoms with Gasteiger partial charge in [-0.15, -0.1) is 0 Å². The van der Waals surface area contributed by atoms with Gasteiger partial charge >= 0.3 is 0 Å². The van der Waals surface area contributed by atoms with E-state index in [-0.39, 0.29) is 12.8 Å². The molecule has 1 aromatic carbocycles. The Balaban J connectivity index is 1.85. The first-order chi connectivity index (χ1) is 9.81. The Kier molecular flexibility index (Phi) is 2.69. The van der Waals surface area contributed by atoms with Crippen molar-refractivity contribution >= 4 is 17.0 Å². The highest BCUT2D eigenvalue weighted by molar-refractivity contribution is 5.90. The number of carbonyl (C=O) groups is 1. The van der Waals surface area contributed by atoms with Crippen LogP contribution in [-0.2, 0) is 4.79 Å². The number of fused-ring (bicyclic) bond motifs is 6. The maximum atomic E-state index is 12.2. The van der Waals surface area contributed by atoms with Gasteiger partial charge in [-0.25, -0.2) is 0 Å². The van der Waals surface area contributed by atoms with E-state index in [1.54, 1.807) is 0 Å². The molecule has 0 aromatic heterocycles. The minimum atomic E-state index is -0.0712. The Hall–Kier alpha value is -1.97. The van der Waals surface area contributed by atoms with Gasteiger partial charge in [-0.05, 0) is 37.3 Å². The number of Topliss-reactive ketones (excluding diaryl/α,β-unsaturated/α-hetero) is 1. The zero-order valence-electron chi connectivity index (χ0n) is 11.3. The summed E-state index contributed by atoms with van der Waals surface area (Å²) in [7, 11) is 0. The molecule has 0 saturated heterocycles. The van der Waals surface area contributed by atoms with Crippen molar-refractivity contribution in [2.24, 2.45) is 0 Å². The lowest BCUT2D eigenvalue weighted by atomic mass is 9.98. The smallest absolute Gasteiger partial charge is 0.231 e. The van der Waals surface area contributed by atoms with Gasteiger partial charge < -0.3 is 14.8 Å². The minimum Gasteiger partial charge on any atom is -0.454 e. The van der Waals surface area contributed by atoms with Crippen molar-refractivity contribution in [3.63, 3.8) is 0 Å². The molecule has 1 atom stereocenters. The molecular formula is C16H17NO3. The minimum absolute atomic E-state index is 0.0712. The zero-order valence-corrected chi connectivity index (χ0v) is 11.3. The molecule has 0 amide bonds. The van der Waals surface area contributed by atoms with E-state index < -0.39 is 0 Å². The van der Waals surface area contributed by atoms with Crippen LogP contribution in [-0.4, -0.2) is 18.6 Å². The second kappa shape index (κ2) is 4.54. The summed E-state index contributed by atoms with van der Waals surface area (Å²) in [6.45, 7) is 0.277. The Bertz CT molecular complexity index is 606. The summed E-state index contributed by atoms with van der Waals surface area (Å²) in [5, 5.41) is 3.41. The van der Waals surface area contributed by atoms with Gasteiger partial charge in [-0.1, -0.05) is 6.08 Å². The van der Waals surface area contributed by atoms with E-state index in [0.717, 1.165) is 48.4 Å². The Morgan fingerprint density at radius 1 is 1.15 bits per heavy atom. The molecule has 0 radical (unpaired) electrons. The SMILES string of the molecule is O=C1CCCC=C2CCC1Nc1cc3c(cc12)OCO3. The molecule has 0 fully saturated rings. The molecule has 3 aliphatic rings. The van der Waals surface area contributed by atoms with E-state index >= 15 is 0 Å². The van der Waals surface area contributed by atoms with Gasteiger partial charge in [0.1, 0.15) is 0 Å². The first kappa shape index (κ1) is 11.8. The number of allylic oxidation sites excluding steroid dienone is 2. The standard InChI is InChI=1S/C16H17NO3/c18-14-4-2-1-3-10-5-6-12(14)17-13-8-16-15(7-11(10)13)19-9-20-16/h3,7-8,12,17H,1-2,4-6,9H2. The fourth-order valence-electron chi connectivity index (χ4n) is 3.20. The number of ether oxygens (including phenoxy) is 2. The molecule has 1 N–H and O–H groups in total. The van der Waals surface area contributed by atoms with Crippen LogP contribution in [0.3, 0.4) is 0 Å². The fraction of sp³-hybridized carbons (Fsp3) is 0.438. The average Bonchev–Trinajstić information content (AvgIpc) is 2.85. The van der Waals surface area contributed by atoms with Gasteiger partial charge in [0.25, 0.3) is 0 Å². The van der Waals surface area contributed by atoms with Gasteiger partial charge in [0.05, 0.1) is 6.04 Å². The summed E-state index contributed by atoms with van der Waals surface area (Å²) < 4.78 is 10.9. The van der Waals surface area contributed by atoms with E-state index in [4.69, 9.17) is 9.47 Å². The van der Waals surface area contributed by atoms with E-state index in [1.807, 2.05) is 12.1 Å². The van der Waals surface area contributed by atoms with E-state index in [9.17, 15) is 4.79 Å². The molecule has 4 heteroatoms. The number of nitrogens with one attached hydrogen (secondary N) is 1. The number of carbonyl (C=O) groups excluding carboxylic acids is 1. The summed E-state index contributed by atoms with van der Waals surface area (Å²) in [5.74, 6) is 1.89. The Labute approximate surface area is 117 Å². The summed E-state index contributed by atoms with van der Waals surface area (Å²) in [5.41, 5.74) is 3.48. The summed E-state index contributed by atoms with van der Waals surface area (Å²) in [4.78, 5) is 12.2. The van der Waals surface area contributed by atoms with Crippen molar-refractivity contribution < 1.29 is 14.3 Å². The number of hydrogen-bond acceptors (Lipinski definition) is 4. The number of ketones is 1. The van der Waals surface area contributed by atoms with Gasteiger partial charge in [0.2, 0.25) is 6.79 Å². The molecule has 0 saturated carbocycles. The van der Waals surface area contributed by atoms with E-state index in [0.29, 0.717) is 12.2 Å². The van der Waals surface area contributed by atoms with Crippen LogP contribution in [0.5, 0.6) is 11.5 Å². The summed E-state index contributed by atoms with van der Waals surface area (Å²) in [6.07, 6.45) is 6.68. The second-order valence-corrected chi connectivity index (χ2v) is 5.57. The van der Waals surface area contributed by atoms with Crippen molar-refractivity contribution in [3.8, 4) is 11.5 Å². The van der Waals surface area contributed by atoms with Crippen molar-refractivity contribution in [1.29, 1.82) is 0 Å². The van der Waals surface area contributed by atoms with Gasteiger partial charge in [0.15, 0.2) is 17.3 Å². The van der Waals surface area contributed by atoms with Gasteiger partial charge in [0, 0.05) is 23.7 Å². The third kappa shape index (κ3) is 1.87. The fourth-order valence-corrected chi connectivity index (χ4v) is 3.20. The summed E-state index contributed by atoms with van der Waals surface area (Å²) in [6, 6.07) is 3.95. The van der Waals surface area contributed by atoms with Crippen LogP contribution >= 0.6 is 0 Å². The van der Waals surface area contributed by atoms with Gasteiger partial charge in [-0.3, -0.25) is 4.79 Å². The molecule has 20 heavy (non-hydrogen) atoms. The zero-order chi connectivity index (χ0) is 13.5. The van der Waals surface area contributed by atoms with Crippen LogP contribution in [0, 0.1) is 0 Å². The molecule has 2 aliphatic heterocycles. The third-order valence-electron chi connectivity index (χ3n) is 4.30. The molecule has 4 rings (SSSR count). The molecule has 104 valence electrons. The molecule has 1 unspecified atom stereocenters. The quantitative estimate of drug-likeness (QED) is 0.787. The largest absolute Gasteiger partial charge is 0.454 e. The normalized spacial score (nSPS) is 23.9. The maximum Gasteiger partial charge on any atom is 0.231 e. The van der Waals surface area contributed by atoms with E-state index in [2.05, 4.69) is 11.4 Å². The molecule has 1 aromatic rings. The first-order valence-corrected chi connectivity index (χ1v) is 7.23. The topological polar surface area (TPSA) is 47.6 Å². The van der Waals surface area contributed by atoms with Crippen LogP contribution < -0.4 is 14.8 Å². The predicted octanol–water partition coefficient (Wildman–Crippen LogP) is 3.13. The Morgan fingerprint density at radius 3 is 2.90 bits per heavy atom. The third-order valence-corrected chi connectivity index (χ3v) is 4.30. The molecule has 2 heterocycles. The number of hydrogen-bond donors (Lipinski definition) is 1. The first-order valence-electron chi connectivity index (χ1n) is 7.23. The highest BCUT2D eigenvalue weighted by Crippen LogP contribution is 2.43. The van der Waals surface area contributed by atoms with Gasteiger partial charge in [-0.2, -0.15) is 0 Å². The van der Waals surface area contributed by atoms with Crippen molar-refractivity contribution in [2.45, 2.75) is 38.1 Å². The lowest BCUT2D eigenvalue weighted by molar-refractivity contribution is -0.119. The monoisotopic (exact) mass is 271 g/mol. The van der Waals surface area contributed by atoms with Crippen LogP contribution in [0.1, 0.15) is 37.7 Å². The van der Waals surface area contributed by atoms with Crippen molar-refractivity contribution in [1.82, 2.24) is 0 Å². The molecule has 1 aliphatic carbocycles.